The fraction of sp³-hybridized carbons (Fsp3) is 0.292. The van der Waals surface area contributed by atoms with Gasteiger partial charge in [0.2, 0.25) is 0 Å². The Hall–Kier alpha value is -3.86. The molecule has 1 amide bonds. The zero-order valence-electron chi connectivity index (χ0n) is 19.4. The van der Waals surface area contributed by atoms with Crippen LogP contribution in [0.1, 0.15) is 23.1 Å². The molecule has 0 spiro atoms. The number of methoxy groups -OCH3 is 2. The summed E-state index contributed by atoms with van der Waals surface area (Å²) in [5.74, 6) is 2.18. The predicted octanol–water partition coefficient (Wildman–Crippen LogP) is 4.38. The topological polar surface area (TPSA) is 113 Å². The van der Waals surface area contributed by atoms with Crippen LogP contribution in [0.2, 0.25) is 0 Å². The Morgan fingerprint density at radius 3 is 3.03 bits per heavy atom. The number of nitrogens with zero attached hydrogens (tertiary/aromatic N) is 3. The fourth-order valence-electron chi connectivity index (χ4n) is 4.04. The Bertz CT molecular complexity index is 1350. The smallest absolute Gasteiger partial charge is 0.407 e. The minimum atomic E-state index is -0.479. The summed E-state index contributed by atoms with van der Waals surface area (Å²) in [6.07, 6.45) is 4.97. The molecule has 5 rings (SSSR count). The van der Waals surface area contributed by atoms with Crippen molar-refractivity contribution in [2.75, 3.05) is 25.5 Å². The van der Waals surface area contributed by atoms with Crippen molar-refractivity contribution in [1.82, 2.24) is 20.3 Å². The summed E-state index contributed by atoms with van der Waals surface area (Å²) in [6.45, 7) is 1.52. The molecule has 0 atom stereocenters. The first-order valence-electron chi connectivity index (χ1n) is 11.1. The Labute approximate surface area is 206 Å². The normalized spacial score (nSPS) is 12.6. The lowest BCUT2D eigenvalue weighted by Crippen LogP contribution is -2.21. The van der Waals surface area contributed by atoms with Gasteiger partial charge in [-0.2, -0.15) is 5.10 Å². The number of rotatable bonds is 8. The number of benzene rings is 2. The van der Waals surface area contributed by atoms with E-state index in [1.165, 1.54) is 19.1 Å². The number of ether oxygens (including phenoxy) is 3. The van der Waals surface area contributed by atoms with E-state index >= 15 is 0 Å². The van der Waals surface area contributed by atoms with Crippen molar-refractivity contribution < 1.29 is 23.5 Å². The number of carbonyl (C=O) groups is 1. The van der Waals surface area contributed by atoms with Crippen LogP contribution in [0.15, 0.2) is 52.1 Å². The van der Waals surface area contributed by atoms with Crippen molar-refractivity contribution in [2.45, 2.75) is 30.8 Å². The molecule has 0 saturated heterocycles. The van der Waals surface area contributed by atoms with Crippen LogP contribution < -0.4 is 19.5 Å². The van der Waals surface area contributed by atoms with Gasteiger partial charge in [0.15, 0.2) is 11.4 Å². The van der Waals surface area contributed by atoms with E-state index in [1.807, 2.05) is 41.2 Å². The molecular weight excluding hydrogens is 470 g/mol. The van der Waals surface area contributed by atoms with Crippen LogP contribution in [0.4, 0.5) is 10.6 Å². The van der Waals surface area contributed by atoms with E-state index in [9.17, 15) is 4.79 Å². The second-order valence-electron chi connectivity index (χ2n) is 7.95. The first kappa shape index (κ1) is 22.9. The van der Waals surface area contributed by atoms with E-state index < -0.39 is 6.09 Å². The Morgan fingerprint density at radius 2 is 2.17 bits per heavy atom. The van der Waals surface area contributed by atoms with Crippen LogP contribution in [-0.2, 0) is 24.2 Å². The highest BCUT2D eigenvalue weighted by molar-refractivity contribution is 8.00. The van der Waals surface area contributed by atoms with Crippen molar-refractivity contribution in [2.24, 2.45) is 0 Å². The molecule has 4 aromatic rings. The monoisotopic (exact) mass is 495 g/mol. The van der Waals surface area contributed by atoms with Crippen molar-refractivity contribution in [3.05, 3.63) is 59.4 Å². The largest absolute Gasteiger partial charge is 0.496 e. The molecule has 2 N–H and O–H groups in total. The lowest BCUT2D eigenvalue weighted by Gasteiger charge is -2.21. The van der Waals surface area contributed by atoms with E-state index in [1.54, 1.807) is 13.3 Å². The lowest BCUT2D eigenvalue weighted by atomic mass is 9.97. The van der Waals surface area contributed by atoms with E-state index in [4.69, 9.17) is 14.0 Å². The third-order valence-electron chi connectivity index (χ3n) is 5.70. The average Bonchev–Trinajstić information content (AvgIpc) is 3.53. The summed E-state index contributed by atoms with van der Waals surface area (Å²) in [6, 6.07) is 9.77. The lowest BCUT2D eigenvalue weighted by molar-refractivity contribution is 0.170. The number of anilines is 1. The van der Waals surface area contributed by atoms with Crippen LogP contribution in [0.25, 0.3) is 11.0 Å². The number of nitrogens with one attached hydrogen (secondary N) is 2. The first-order valence-corrected chi connectivity index (χ1v) is 11.9. The van der Waals surface area contributed by atoms with E-state index in [0.29, 0.717) is 31.1 Å². The van der Waals surface area contributed by atoms with Gasteiger partial charge in [-0.3, -0.25) is 4.68 Å². The van der Waals surface area contributed by atoms with Gasteiger partial charge >= 0.3 is 6.09 Å². The van der Waals surface area contributed by atoms with Crippen molar-refractivity contribution in [1.29, 1.82) is 0 Å². The molecule has 1 aliphatic rings. The molecule has 2 aromatic carbocycles. The molecule has 11 heteroatoms. The molecule has 3 heterocycles. The zero-order chi connectivity index (χ0) is 24.2. The first-order chi connectivity index (χ1) is 17.2. The molecule has 0 aliphatic carbocycles. The molecule has 2 aromatic heterocycles. The van der Waals surface area contributed by atoms with Crippen molar-refractivity contribution in [3.8, 4) is 11.5 Å². The summed E-state index contributed by atoms with van der Waals surface area (Å²) in [5.41, 5.74) is 3.70. The highest BCUT2D eigenvalue weighted by Gasteiger charge is 2.24. The van der Waals surface area contributed by atoms with Gasteiger partial charge in [-0.1, -0.05) is 17.3 Å². The maximum atomic E-state index is 11.3. The fourth-order valence-corrected chi connectivity index (χ4v) is 4.79. The van der Waals surface area contributed by atoms with Gasteiger partial charge < -0.3 is 28.8 Å². The van der Waals surface area contributed by atoms with Crippen LogP contribution in [0.5, 0.6) is 11.5 Å². The number of alkyl carbamates (subject to hydrolysis) is 1. The summed E-state index contributed by atoms with van der Waals surface area (Å²) in [5, 5.41) is 12.2. The Kier molecular flexibility index (Phi) is 6.66. The Balaban J connectivity index is 1.40. The van der Waals surface area contributed by atoms with Gasteiger partial charge in [0.25, 0.3) is 0 Å². The minimum Gasteiger partial charge on any atom is -0.496 e. The molecule has 10 nitrogen and oxygen atoms in total. The van der Waals surface area contributed by atoms with Gasteiger partial charge in [-0.15, -0.1) is 0 Å². The minimum absolute atomic E-state index is 0.341. The second-order valence-corrected chi connectivity index (χ2v) is 8.79. The molecule has 35 heavy (non-hydrogen) atoms. The van der Waals surface area contributed by atoms with Crippen molar-refractivity contribution >= 4 is 34.8 Å². The molecular formula is C24H25N5O5S. The maximum absolute atomic E-state index is 11.3. The van der Waals surface area contributed by atoms with Crippen LogP contribution in [0.3, 0.4) is 0 Å². The standard InChI is InChI=1S/C24H25N5O5S/c1-31-18-7-3-4-8-20(18)35-28-23-21-19(34-27-23)10-16(17-6-5-9-33-22(17)21)14-29-13-15(12-26-29)11-25-24(30)32-2/h3-4,7-8,10,12-13H,5-6,9,11,14H2,1-2H3,(H,25,30)(H,27,28). The highest BCUT2D eigenvalue weighted by Crippen LogP contribution is 2.42. The van der Waals surface area contributed by atoms with E-state index in [-0.39, 0.29) is 0 Å². The van der Waals surface area contributed by atoms with Gasteiger partial charge in [0.1, 0.15) is 16.9 Å². The molecule has 182 valence electrons. The number of carbonyl (C=O) groups excluding carboxylic acids is 1. The molecule has 0 bridgehead atoms. The molecule has 0 unspecified atom stereocenters. The van der Waals surface area contributed by atoms with Gasteiger partial charge in [-0.25, -0.2) is 4.79 Å². The van der Waals surface area contributed by atoms with Crippen LogP contribution in [-0.4, -0.2) is 41.9 Å². The number of aromatic nitrogens is 3. The summed E-state index contributed by atoms with van der Waals surface area (Å²) in [4.78, 5) is 12.3. The molecule has 1 aliphatic heterocycles. The molecule has 0 radical (unpaired) electrons. The van der Waals surface area contributed by atoms with Crippen molar-refractivity contribution in [3.63, 3.8) is 0 Å². The van der Waals surface area contributed by atoms with Gasteiger partial charge in [0, 0.05) is 23.9 Å². The number of amides is 1. The van der Waals surface area contributed by atoms with E-state index in [0.717, 1.165) is 51.3 Å². The zero-order valence-corrected chi connectivity index (χ0v) is 20.2. The second kappa shape index (κ2) is 10.2. The third-order valence-corrected chi connectivity index (χ3v) is 6.55. The number of hydrogen-bond acceptors (Lipinski definition) is 9. The van der Waals surface area contributed by atoms with Crippen LogP contribution in [0, 0.1) is 0 Å². The maximum Gasteiger partial charge on any atom is 0.407 e. The predicted molar refractivity (Wildman–Crippen MR) is 131 cm³/mol. The van der Waals surface area contributed by atoms with Gasteiger partial charge in [0.05, 0.1) is 38.5 Å². The van der Waals surface area contributed by atoms with E-state index in [2.05, 4.69) is 25.0 Å². The van der Waals surface area contributed by atoms with Crippen LogP contribution >= 0.6 is 11.9 Å². The average molecular weight is 496 g/mol. The van der Waals surface area contributed by atoms with Gasteiger partial charge in [-0.05, 0) is 48.6 Å². The number of para-hydroxylation sites is 1. The SMILES string of the molecule is COC(=O)NCc1cnn(Cc2cc3onc(NSc4ccccc4OC)c3c3c2CCCO3)c1. The summed E-state index contributed by atoms with van der Waals surface area (Å²) < 4.78 is 27.0. The molecule has 0 fully saturated rings. The summed E-state index contributed by atoms with van der Waals surface area (Å²) in [7, 11) is 2.98. The third kappa shape index (κ3) is 4.85. The molecule has 0 saturated carbocycles. The summed E-state index contributed by atoms with van der Waals surface area (Å²) >= 11 is 1.41. The highest BCUT2D eigenvalue weighted by atomic mass is 32.2. The number of hydrogen-bond donors (Lipinski definition) is 2. The Morgan fingerprint density at radius 1 is 1.29 bits per heavy atom. The quantitative estimate of drug-likeness (QED) is 0.344. The number of fused-ring (bicyclic) bond motifs is 3.